The molecule has 0 radical (unpaired) electrons. The minimum Gasteiger partial charge on any atom is -0.479 e. The Morgan fingerprint density at radius 2 is 1.95 bits per heavy atom. The molecule has 1 aromatic carbocycles. The molecule has 0 saturated carbocycles. The molecule has 0 aliphatic carbocycles. The molecule has 2 aromatic heterocycles. The van der Waals surface area contributed by atoms with E-state index in [1.165, 1.54) is 18.3 Å². The molecule has 0 fully saturated rings. The third kappa shape index (κ3) is 2.85. The number of aromatic nitrogens is 2. The van der Waals surface area contributed by atoms with Gasteiger partial charge in [-0.15, -0.1) is 0 Å². The van der Waals surface area contributed by atoms with Crippen LogP contribution in [0.5, 0.6) is 5.95 Å². The number of aliphatic imine (C=N–C) groups is 1. The molecule has 0 amide bonds. The second-order valence-corrected chi connectivity index (χ2v) is 4.58. The van der Waals surface area contributed by atoms with E-state index in [1.54, 1.807) is 18.2 Å². The summed E-state index contributed by atoms with van der Waals surface area (Å²) in [6.45, 7) is 1.85. The van der Waals surface area contributed by atoms with Gasteiger partial charge in [-0.05, 0) is 31.2 Å². The molecular weight excluding hydrogens is 285 g/mol. The van der Waals surface area contributed by atoms with Crippen LogP contribution in [0.1, 0.15) is 11.4 Å². The molecule has 0 spiro atoms. The SMILES string of the molecule is Cc1cccc(N=Cc2nc(-c3ccccc3F)oc2O)n1. The van der Waals surface area contributed by atoms with Crippen molar-refractivity contribution in [3.63, 3.8) is 0 Å². The second kappa shape index (κ2) is 5.77. The van der Waals surface area contributed by atoms with Crippen LogP contribution in [-0.4, -0.2) is 21.3 Å². The normalized spacial score (nSPS) is 11.2. The summed E-state index contributed by atoms with van der Waals surface area (Å²) >= 11 is 0. The first-order valence-electron chi connectivity index (χ1n) is 6.56. The van der Waals surface area contributed by atoms with E-state index in [2.05, 4.69) is 15.0 Å². The van der Waals surface area contributed by atoms with Gasteiger partial charge in [0.25, 0.3) is 0 Å². The van der Waals surface area contributed by atoms with Crippen molar-refractivity contribution >= 4 is 12.0 Å². The number of hydrogen-bond acceptors (Lipinski definition) is 5. The first-order valence-corrected chi connectivity index (χ1v) is 6.56. The summed E-state index contributed by atoms with van der Waals surface area (Å²) in [4.78, 5) is 12.4. The van der Waals surface area contributed by atoms with Gasteiger partial charge in [-0.2, -0.15) is 0 Å². The Kier molecular flexibility index (Phi) is 3.65. The van der Waals surface area contributed by atoms with Crippen LogP contribution >= 0.6 is 0 Å². The Morgan fingerprint density at radius 3 is 2.73 bits per heavy atom. The van der Waals surface area contributed by atoms with Gasteiger partial charge in [0.1, 0.15) is 5.82 Å². The number of halogens is 1. The molecule has 0 unspecified atom stereocenters. The maximum absolute atomic E-state index is 13.7. The highest BCUT2D eigenvalue weighted by Gasteiger charge is 2.15. The summed E-state index contributed by atoms with van der Waals surface area (Å²) in [5, 5.41) is 9.75. The van der Waals surface area contributed by atoms with E-state index in [4.69, 9.17) is 4.42 Å². The summed E-state index contributed by atoms with van der Waals surface area (Å²) in [5.74, 6) is -0.425. The Hall–Kier alpha value is -3.02. The molecule has 110 valence electrons. The van der Waals surface area contributed by atoms with Gasteiger partial charge >= 0.3 is 5.95 Å². The lowest BCUT2D eigenvalue weighted by Crippen LogP contribution is -1.86. The number of hydrogen-bond donors (Lipinski definition) is 1. The smallest absolute Gasteiger partial charge is 0.312 e. The number of pyridine rings is 1. The molecule has 0 bridgehead atoms. The van der Waals surface area contributed by atoms with Gasteiger partial charge in [-0.1, -0.05) is 18.2 Å². The molecule has 1 N–H and O–H groups in total. The van der Waals surface area contributed by atoms with E-state index < -0.39 is 11.8 Å². The minimum absolute atomic E-state index is 0.00532. The molecule has 0 aliphatic rings. The Bertz CT molecular complexity index is 843. The van der Waals surface area contributed by atoms with Crippen molar-refractivity contribution in [2.24, 2.45) is 4.99 Å². The predicted molar refractivity (Wildman–Crippen MR) is 79.8 cm³/mol. The average molecular weight is 297 g/mol. The van der Waals surface area contributed by atoms with Gasteiger partial charge in [-0.25, -0.2) is 19.4 Å². The largest absolute Gasteiger partial charge is 0.479 e. The van der Waals surface area contributed by atoms with Crippen LogP contribution in [0.15, 0.2) is 51.9 Å². The van der Waals surface area contributed by atoms with Crippen LogP contribution in [0.25, 0.3) is 11.5 Å². The molecule has 22 heavy (non-hydrogen) atoms. The van der Waals surface area contributed by atoms with Gasteiger partial charge in [-0.3, -0.25) is 0 Å². The van der Waals surface area contributed by atoms with E-state index in [-0.39, 0.29) is 17.1 Å². The summed E-state index contributed by atoms with van der Waals surface area (Å²) in [7, 11) is 0. The van der Waals surface area contributed by atoms with Gasteiger partial charge in [0, 0.05) is 5.69 Å². The van der Waals surface area contributed by atoms with Gasteiger partial charge < -0.3 is 9.52 Å². The zero-order valence-electron chi connectivity index (χ0n) is 11.7. The molecule has 3 aromatic rings. The third-order valence-electron chi connectivity index (χ3n) is 2.93. The van der Waals surface area contributed by atoms with Crippen LogP contribution in [0.2, 0.25) is 0 Å². The molecule has 2 heterocycles. The lowest BCUT2D eigenvalue weighted by Gasteiger charge is -1.95. The maximum atomic E-state index is 13.7. The molecule has 0 aliphatic heterocycles. The number of aryl methyl sites for hydroxylation is 1. The minimum atomic E-state index is -0.479. The highest BCUT2D eigenvalue weighted by atomic mass is 19.1. The predicted octanol–water partition coefficient (Wildman–Crippen LogP) is 3.64. The Balaban J connectivity index is 1.92. The Morgan fingerprint density at radius 1 is 1.14 bits per heavy atom. The van der Waals surface area contributed by atoms with Gasteiger partial charge in [0.15, 0.2) is 11.5 Å². The van der Waals surface area contributed by atoms with Crippen molar-refractivity contribution in [1.29, 1.82) is 0 Å². The third-order valence-corrected chi connectivity index (χ3v) is 2.93. The van der Waals surface area contributed by atoms with E-state index in [0.29, 0.717) is 5.82 Å². The van der Waals surface area contributed by atoms with E-state index in [9.17, 15) is 9.50 Å². The number of aromatic hydroxyl groups is 1. The van der Waals surface area contributed by atoms with Crippen molar-refractivity contribution in [3.8, 4) is 17.4 Å². The summed E-state index contributed by atoms with van der Waals surface area (Å²) < 4.78 is 18.8. The fourth-order valence-electron chi connectivity index (χ4n) is 1.89. The molecule has 5 nitrogen and oxygen atoms in total. The standard InChI is InChI=1S/C16H12FN3O2/c1-10-5-4-8-14(19-10)18-9-13-16(21)22-15(20-13)11-6-2-3-7-12(11)17/h2-9,21H,1H3. The number of nitrogens with zero attached hydrogens (tertiary/aromatic N) is 3. The first kappa shape index (κ1) is 13.9. The highest BCUT2D eigenvalue weighted by Crippen LogP contribution is 2.27. The Labute approximate surface area is 125 Å². The highest BCUT2D eigenvalue weighted by molar-refractivity contribution is 5.82. The van der Waals surface area contributed by atoms with Crippen molar-refractivity contribution in [2.75, 3.05) is 0 Å². The van der Waals surface area contributed by atoms with Crippen LogP contribution in [-0.2, 0) is 0 Å². The maximum Gasteiger partial charge on any atom is 0.312 e. The van der Waals surface area contributed by atoms with E-state index in [0.717, 1.165) is 5.69 Å². The fourth-order valence-corrected chi connectivity index (χ4v) is 1.89. The zero-order chi connectivity index (χ0) is 15.5. The quantitative estimate of drug-likeness (QED) is 0.749. The van der Waals surface area contributed by atoms with Crippen molar-refractivity contribution in [1.82, 2.24) is 9.97 Å². The zero-order valence-corrected chi connectivity index (χ0v) is 11.7. The lowest BCUT2D eigenvalue weighted by molar-refractivity contribution is 0.336. The number of benzene rings is 1. The summed E-state index contributed by atoms with van der Waals surface area (Å²) in [5.41, 5.74) is 1.11. The van der Waals surface area contributed by atoms with Crippen LogP contribution < -0.4 is 0 Å². The molecule has 3 rings (SSSR count). The summed E-state index contributed by atoms with van der Waals surface area (Å²) in [6, 6.07) is 11.4. The molecular formula is C16H12FN3O2. The van der Waals surface area contributed by atoms with Crippen molar-refractivity contribution in [3.05, 3.63) is 59.7 Å². The molecule has 6 heteroatoms. The second-order valence-electron chi connectivity index (χ2n) is 4.58. The number of oxazole rings is 1. The van der Waals surface area contributed by atoms with Crippen LogP contribution in [0, 0.1) is 12.7 Å². The van der Waals surface area contributed by atoms with Crippen LogP contribution in [0.4, 0.5) is 10.2 Å². The lowest BCUT2D eigenvalue weighted by atomic mass is 10.2. The van der Waals surface area contributed by atoms with Crippen LogP contribution in [0.3, 0.4) is 0 Å². The topological polar surface area (TPSA) is 71.5 Å². The summed E-state index contributed by atoms with van der Waals surface area (Å²) in [6.07, 6.45) is 1.32. The van der Waals surface area contributed by atoms with Gasteiger partial charge in [0.2, 0.25) is 5.89 Å². The van der Waals surface area contributed by atoms with Crippen molar-refractivity contribution < 1.29 is 13.9 Å². The average Bonchev–Trinajstić information content (AvgIpc) is 2.87. The fraction of sp³-hybridized carbons (Fsp3) is 0.0625. The molecule has 0 saturated heterocycles. The van der Waals surface area contributed by atoms with Crippen molar-refractivity contribution in [2.45, 2.75) is 6.92 Å². The first-order chi connectivity index (χ1) is 10.6. The molecule has 0 atom stereocenters. The monoisotopic (exact) mass is 297 g/mol. The van der Waals surface area contributed by atoms with E-state index in [1.807, 2.05) is 19.1 Å². The number of rotatable bonds is 3. The van der Waals surface area contributed by atoms with Gasteiger partial charge in [0.05, 0.1) is 11.8 Å². The van der Waals surface area contributed by atoms with E-state index >= 15 is 0 Å².